The van der Waals surface area contributed by atoms with Crippen LogP contribution in [0.25, 0.3) is 0 Å². The fourth-order valence-electron chi connectivity index (χ4n) is 1.47. The van der Waals surface area contributed by atoms with Gasteiger partial charge in [-0.3, -0.25) is 10.1 Å². The van der Waals surface area contributed by atoms with Crippen molar-refractivity contribution in [2.75, 3.05) is 7.11 Å². The minimum absolute atomic E-state index is 0.0249. The Morgan fingerprint density at radius 3 is 2.74 bits per heavy atom. The van der Waals surface area contributed by atoms with E-state index in [2.05, 4.69) is 15.9 Å². The number of methoxy groups -OCH3 is 1. The average Bonchev–Trinajstić information content (AvgIpc) is 2.81. The number of nitrogens with zero attached hydrogens (tertiary/aromatic N) is 1. The summed E-state index contributed by atoms with van der Waals surface area (Å²) in [6.07, 6.45) is 0. The largest absolute Gasteiger partial charge is 0.493 e. The molecule has 100 valence electrons. The van der Waals surface area contributed by atoms with Crippen molar-refractivity contribution in [1.29, 1.82) is 0 Å². The Kier molecular flexibility index (Phi) is 4.39. The third-order valence-electron chi connectivity index (χ3n) is 2.35. The summed E-state index contributed by atoms with van der Waals surface area (Å²) in [5.74, 6) is 0.836. The van der Waals surface area contributed by atoms with Crippen molar-refractivity contribution in [1.82, 2.24) is 0 Å². The van der Waals surface area contributed by atoms with Gasteiger partial charge in [-0.25, -0.2) is 0 Å². The van der Waals surface area contributed by atoms with Gasteiger partial charge in [0.2, 0.25) is 0 Å². The van der Waals surface area contributed by atoms with E-state index in [1.54, 1.807) is 11.3 Å². The van der Waals surface area contributed by atoms with Crippen LogP contribution in [0.4, 0.5) is 5.69 Å². The molecule has 0 fully saturated rings. The van der Waals surface area contributed by atoms with E-state index in [1.807, 2.05) is 11.4 Å². The number of benzene rings is 1. The van der Waals surface area contributed by atoms with Gasteiger partial charge < -0.3 is 9.47 Å². The molecule has 0 bridgehead atoms. The number of nitro benzene ring substituents is 1. The average molecular weight is 344 g/mol. The number of nitro groups is 1. The second kappa shape index (κ2) is 6.03. The van der Waals surface area contributed by atoms with Gasteiger partial charge in [0.05, 0.1) is 18.1 Å². The number of ether oxygens (including phenoxy) is 2. The number of hydrogen-bond acceptors (Lipinski definition) is 5. The van der Waals surface area contributed by atoms with E-state index >= 15 is 0 Å². The molecular formula is C12H10BrNO4S. The molecule has 0 saturated heterocycles. The molecule has 0 aliphatic carbocycles. The topological polar surface area (TPSA) is 61.6 Å². The molecule has 0 spiro atoms. The summed E-state index contributed by atoms with van der Waals surface area (Å²) in [6, 6.07) is 6.21. The number of thiophene rings is 1. The molecule has 0 N–H and O–H groups in total. The molecule has 1 aromatic heterocycles. The predicted octanol–water partition coefficient (Wildman–Crippen LogP) is 4.01. The van der Waals surface area contributed by atoms with E-state index < -0.39 is 4.92 Å². The van der Waals surface area contributed by atoms with E-state index in [0.717, 1.165) is 9.35 Å². The Bertz CT molecular complexity index is 599. The SMILES string of the molecule is COc1ccc([N+](=O)[O-])cc1OCc1cc(Br)cs1. The summed E-state index contributed by atoms with van der Waals surface area (Å²) in [6.45, 7) is 0.341. The maximum Gasteiger partial charge on any atom is 0.273 e. The maximum atomic E-state index is 10.7. The van der Waals surface area contributed by atoms with Gasteiger partial charge in [-0.2, -0.15) is 0 Å². The monoisotopic (exact) mass is 343 g/mol. The van der Waals surface area contributed by atoms with Crippen LogP contribution in [-0.4, -0.2) is 12.0 Å². The molecule has 1 heterocycles. The van der Waals surface area contributed by atoms with Gasteiger partial charge in [-0.05, 0) is 28.1 Å². The molecule has 0 amide bonds. The fourth-order valence-corrected chi connectivity index (χ4v) is 2.83. The van der Waals surface area contributed by atoms with E-state index in [1.165, 1.54) is 25.3 Å². The van der Waals surface area contributed by atoms with Crippen LogP contribution in [0.2, 0.25) is 0 Å². The molecule has 1 aromatic carbocycles. The third kappa shape index (κ3) is 3.45. The summed E-state index contributed by atoms with van der Waals surface area (Å²) in [5.41, 5.74) is -0.0249. The van der Waals surface area contributed by atoms with Crippen molar-refractivity contribution in [3.8, 4) is 11.5 Å². The van der Waals surface area contributed by atoms with Crippen molar-refractivity contribution in [2.45, 2.75) is 6.61 Å². The van der Waals surface area contributed by atoms with Crippen LogP contribution >= 0.6 is 27.3 Å². The lowest BCUT2D eigenvalue weighted by molar-refractivity contribution is -0.385. The van der Waals surface area contributed by atoms with Crippen LogP contribution in [0.15, 0.2) is 34.1 Å². The van der Waals surface area contributed by atoms with Crippen molar-refractivity contribution in [2.24, 2.45) is 0 Å². The first kappa shape index (κ1) is 13.8. The predicted molar refractivity (Wildman–Crippen MR) is 76.0 cm³/mol. The Labute approximate surface area is 122 Å². The summed E-state index contributed by atoms with van der Waals surface area (Å²) < 4.78 is 11.7. The van der Waals surface area contributed by atoms with Crippen molar-refractivity contribution < 1.29 is 14.4 Å². The standard InChI is InChI=1S/C12H10BrNO4S/c1-17-11-3-2-9(14(15)16)5-12(11)18-6-10-4-8(13)7-19-10/h2-5,7H,6H2,1H3. The van der Waals surface area contributed by atoms with Gasteiger partial charge in [0.15, 0.2) is 11.5 Å². The molecule has 0 aliphatic heterocycles. The van der Waals surface area contributed by atoms with Crippen LogP contribution in [0.1, 0.15) is 4.88 Å². The van der Waals surface area contributed by atoms with Crippen molar-refractivity contribution in [3.05, 3.63) is 49.1 Å². The van der Waals surface area contributed by atoms with Crippen LogP contribution < -0.4 is 9.47 Å². The molecule has 2 rings (SSSR count). The van der Waals surface area contributed by atoms with E-state index in [-0.39, 0.29) is 5.69 Å². The van der Waals surface area contributed by atoms with E-state index in [9.17, 15) is 10.1 Å². The minimum Gasteiger partial charge on any atom is -0.493 e. The molecule has 0 unspecified atom stereocenters. The lowest BCUT2D eigenvalue weighted by Gasteiger charge is -2.09. The molecule has 5 nitrogen and oxygen atoms in total. The van der Waals surface area contributed by atoms with Gasteiger partial charge >= 0.3 is 0 Å². The number of hydrogen-bond donors (Lipinski definition) is 0. The van der Waals surface area contributed by atoms with Crippen LogP contribution in [0, 0.1) is 10.1 Å². The van der Waals surface area contributed by atoms with Crippen LogP contribution in [-0.2, 0) is 6.61 Å². The highest BCUT2D eigenvalue weighted by Gasteiger charge is 2.12. The number of rotatable bonds is 5. The van der Waals surface area contributed by atoms with Crippen molar-refractivity contribution >= 4 is 33.0 Å². The summed E-state index contributed by atoms with van der Waals surface area (Å²) >= 11 is 4.90. The smallest absolute Gasteiger partial charge is 0.273 e. The quantitative estimate of drug-likeness (QED) is 0.607. The number of halogens is 1. The Morgan fingerprint density at radius 1 is 1.37 bits per heavy atom. The maximum absolute atomic E-state index is 10.7. The highest BCUT2D eigenvalue weighted by Crippen LogP contribution is 2.32. The molecule has 7 heteroatoms. The second-order valence-electron chi connectivity index (χ2n) is 3.61. The number of non-ortho nitro benzene ring substituents is 1. The molecule has 0 aliphatic rings. The fraction of sp³-hybridized carbons (Fsp3) is 0.167. The first-order valence-electron chi connectivity index (χ1n) is 5.28. The molecule has 0 atom stereocenters. The highest BCUT2D eigenvalue weighted by molar-refractivity contribution is 9.10. The summed E-state index contributed by atoms with van der Waals surface area (Å²) in [5, 5.41) is 12.7. The molecular weight excluding hydrogens is 334 g/mol. The molecule has 0 saturated carbocycles. The van der Waals surface area contributed by atoms with Crippen LogP contribution in [0.3, 0.4) is 0 Å². The van der Waals surface area contributed by atoms with E-state index in [4.69, 9.17) is 9.47 Å². The van der Waals surface area contributed by atoms with E-state index in [0.29, 0.717) is 18.1 Å². The Balaban J connectivity index is 2.17. The molecule has 0 radical (unpaired) electrons. The summed E-state index contributed by atoms with van der Waals surface area (Å²) in [4.78, 5) is 11.3. The third-order valence-corrected chi connectivity index (χ3v) is 4.02. The summed E-state index contributed by atoms with van der Waals surface area (Å²) in [7, 11) is 1.50. The van der Waals surface area contributed by atoms with Gasteiger partial charge in [-0.15, -0.1) is 11.3 Å². The van der Waals surface area contributed by atoms with Crippen molar-refractivity contribution in [3.63, 3.8) is 0 Å². The van der Waals surface area contributed by atoms with Crippen LogP contribution in [0.5, 0.6) is 11.5 Å². The zero-order valence-electron chi connectivity index (χ0n) is 9.96. The second-order valence-corrected chi connectivity index (χ2v) is 5.52. The zero-order valence-corrected chi connectivity index (χ0v) is 12.4. The highest BCUT2D eigenvalue weighted by atomic mass is 79.9. The minimum atomic E-state index is -0.464. The van der Waals surface area contributed by atoms with Gasteiger partial charge in [0.25, 0.3) is 5.69 Å². The molecule has 19 heavy (non-hydrogen) atoms. The lowest BCUT2D eigenvalue weighted by Crippen LogP contribution is -1.97. The van der Waals surface area contributed by atoms with Gasteiger partial charge in [0, 0.05) is 20.8 Å². The lowest BCUT2D eigenvalue weighted by atomic mass is 10.3. The first-order valence-corrected chi connectivity index (χ1v) is 6.95. The van der Waals surface area contributed by atoms with Gasteiger partial charge in [0.1, 0.15) is 6.61 Å². The Morgan fingerprint density at radius 2 is 2.16 bits per heavy atom. The Hall–Kier alpha value is -1.60. The zero-order chi connectivity index (χ0) is 13.8. The van der Waals surface area contributed by atoms with Gasteiger partial charge in [-0.1, -0.05) is 0 Å². The normalized spacial score (nSPS) is 10.2. The first-order chi connectivity index (χ1) is 9.10. The molecule has 2 aromatic rings.